The van der Waals surface area contributed by atoms with E-state index in [0.29, 0.717) is 23.4 Å². The van der Waals surface area contributed by atoms with Crippen molar-refractivity contribution in [2.45, 2.75) is 18.4 Å². The fourth-order valence-corrected chi connectivity index (χ4v) is 3.41. The van der Waals surface area contributed by atoms with Crippen LogP contribution < -0.4 is 16.8 Å². The molecule has 1 amide bonds. The van der Waals surface area contributed by atoms with Crippen LogP contribution in [0.5, 0.6) is 0 Å². The van der Waals surface area contributed by atoms with E-state index >= 15 is 0 Å². The molecule has 1 aliphatic heterocycles. The van der Waals surface area contributed by atoms with Gasteiger partial charge in [0.05, 0.1) is 5.69 Å². The molecule has 0 aromatic heterocycles. The van der Waals surface area contributed by atoms with Crippen molar-refractivity contribution < 1.29 is 14.3 Å². The number of esters is 1. The third-order valence-electron chi connectivity index (χ3n) is 4.33. The molecule has 7 nitrogen and oxygen atoms in total. The van der Waals surface area contributed by atoms with Gasteiger partial charge in [-0.3, -0.25) is 4.79 Å². The molecular formula is C20H19IN4O3. The Kier molecular flexibility index (Phi) is 6.30. The number of ether oxygens (including phenoxy) is 1. The van der Waals surface area contributed by atoms with Gasteiger partial charge in [0.1, 0.15) is 11.8 Å². The van der Waals surface area contributed by atoms with Gasteiger partial charge in [-0.2, -0.15) is 0 Å². The molecule has 2 aromatic rings. The van der Waals surface area contributed by atoms with Crippen LogP contribution >= 0.6 is 22.6 Å². The molecule has 0 bridgehead atoms. The molecule has 0 aliphatic carbocycles. The Hall–Kier alpha value is -2.88. The Morgan fingerprint density at radius 3 is 2.43 bits per heavy atom. The fourth-order valence-electron chi connectivity index (χ4n) is 3.03. The van der Waals surface area contributed by atoms with Gasteiger partial charge in [-0.05, 0) is 52.4 Å². The van der Waals surface area contributed by atoms with Crippen molar-refractivity contribution in [3.05, 3.63) is 75.6 Å². The molecule has 8 heteroatoms. The maximum Gasteiger partial charge on any atom is 0.334 e. The van der Waals surface area contributed by atoms with Crippen LogP contribution in [0.3, 0.4) is 0 Å². The molecule has 5 N–H and O–H groups in total. The van der Waals surface area contributed by atoms with Crippen LogP contribution in [0.4, 0.5) is 5.69 Å². The fraction of sp³-hybridized carbons (Fsp3) is 0.150. The average Bonchev–Trinajstić information content (AvgIpc) is 2.70. The highest BCUT2D eigenvalue weighted by molar-refractivity contribution is 14.1. The van der Waals surface area contributed by atoms with E-state index in [1.807, 2.05) is 40.8 Å². The topological polar surface area (TPSA) is 120 Å². The zero-order valence-corrected chi connectivity index (χ0v) is 17.0. The van der Waals surface area contributed by atoms with E-state index in [1.165, 1.54) is 0 Å². The summed E-state index contributed by atoms with van der Waals surface area (Å²) in [7, 11) is 0. The van der Waals surface area contributed by atoms with Crippen molar-refractivity contribution in [2.75, 3.05) is 0 Å². The Bertz CT molecular complexity index is 922. The van der Waals surface area contributed by atoms with Gasteiger partial charge in [0, 0.05) is 22.0 Å². The van der Waals surface area contributed by atoms with E-state index in [4.69, 9.17) is 16.2 Å². The SMILES string of the molecule is NC(N)=Nc1ccc([C@H]2C/C(=C\I)OC(=O)[C@@H]2NC(=O)c2ccccc2)cc1. The number of carbonyl (C=O) groups is 2. The molecule has 1 heterocycles. The number of benzene rings is 2. The summed E-state index contributed by atoms with van der Waals surface area (Å²) in [6.07, 6.45) is 0.482. The second-order valence-corrected chi connectivity index (χ2v) is 6.88. The number of amides is 1. The number of nitrogens with two attached hydrogens (primary N) is 2. The lowest BCUT2D eigenvalue weighted by Gasteiger charge is -2.32. The summed E-state index contributed by atoms with van der Waals surface area (Å²) in [6.45, 7) is 0. The number of guanidine groups is 1. The lowest BCUT2D eigenvalue weighted by atomic mass is 9.86. The number of hydrogen-bond acceptors (Lipinski definition) is 4. The second kappa shape index (κ2) is 8.87. The highest BCUT2D eigenvalue weighted by atomic mass is 127. The highest BCUT2D eigenvalue weighted by Crippen LogP contribution is 2.34. The number of aliphatic imine (C=N–C) groups is 1. The van der Waals surface area contributed by atoms with E-state index in [0.717, 1.165) is 5.56 Å². The number of halogens is 1. The quantitative estimate of drug-likeness (QED) is 0.264. The first-order valence-electron chi connectivity index (χ1n) is 8.54. The van der Waals surface area contributed by atoms with Gasteiger partial charge in [-0.25, -0.2) is 9.79 Å². The van der Waals surface area contributed by atoms with E-state index < -0.39 is 12.0 Å². The first kappa shape index (κ1) is 19.9. The first-order valence-corrected chi connectivity index (χ1v) is 9.79. The van der Waals surface area contributed by atoms with Crippen LogP contribution in [0, 0.1) is 0 Å². The zero-order valence-electron chi connectivity index (χ0n) is 14.8. The summed E-state index contributed by atoms with van der Waals surface area (Å²) in [6, 6.07) is 15.2. The van der Waals surface area contributed by atoms with Crippen LogP contribution in [-0.4, -0.2) is 23.9 Å². The molecule has 0 unspecified atom stereocenters. The van der Waals surface area contributed by atoms with Gasteiger partial charge in [0.25, 0.3) is 5.91 Å². The number of nitrogens with one attached hydrogen (secondary N) is 1. The predicted octanol–water partition coefficient (Wildman–Crippen LogP) is 2.70. The van der Waals surface area contributed by atoms with Gasteiger partial charge >= 0.3 is 5.97 Å². The Morgan fingerprint density at radius 1 is 1.14 bits per heavy atom. The zero-order chi connectivity index (χ0) is 20.1. The summed E-state index contributed by atoms with van der Waals surface area (Å²) < 4.78 is 7.09. The number of hydrogen-bond donors (Lipinski definition) is 3. The lowest BCUT2D eigenvalue weighted by molar-refractivity contribution is -0.145. The van der Waals surface area contributed by atoms with E-state index in [2.05, 4.69) is 10.3 Å². The first-order chi connectivity index (χ1) is 13.5. The number of nitrogens with zero attached hydrogens (tertiary/aromatic N) is 1. The molecule has 3 rings (SSSR count). The van der Waals surface area contributed by atoms with E-state index in [9.17, 15) is 9.59 Å². The molecule has 1 fully saturated rings. The third-order valence-corrected chi connectivity index (χ3v) is 5.03. The summed E-state index contributed by atoms with van der Waals surface area (Å²) in [5, 5.41) is 2.81. The summed E-state index contributed by atoms with van der Waals surface area (Å²) in [4.78, 5) is 29.2. The van der Waals surface area contributed by atoms with Gasteiger partial charge in [-0.15, -0.1) is 0 Å². The molecule has 1 aliphatic rings. The van der Waals surface area contributed by atoms with Crippen LogP contribution in [0.15, 0.2) is 69.4 Å². The molecule has 0 radical (unpaired) electrons. The lowest BCUT2D eigenvalue weighted by Crippen LogP contribution is -2.48. The van der Waals surface area contributed by atoms with Gasteiger partial charge in [-0.1, -0.05) is 30.3 Å². The number of cyclic esters (lactones) is 1. The summed E-state index contributed by atoms with van der Waals surface area (Å²) >= 11 is 2.03. The van der Waals surface area contributed by atoms with E-state index in [1.54, 1.807) is 40.5 Å². The van der Waals surface area contributed by atoms with Crippen LogP contribution in [0.25, 0.3) is 0 Å². The predicted molar refractivity (Wildman–Crippen MR) is 115 cm³/mol. The molecule has 144 valence electrons. The van der Waals surface area contributed by atoms with Crippen molar-refractivity contribution in [1.29, 1.82) is 0 Å². The second-order valence-electron chi connectivity index (χ2n) is 6.25. The van der Waals surface area contributed by atoms with Crippen molar-refractivity contribution in [3.8, 4) is 0 Å². The molecule has 2 atom stereocenters. The highest BCUT2D eigenvalue weighted by Gasteiger charge is 2.38. The van der Waals surface area contributed by atoms with Crippen molar-refractivity contribution in [1.82, 2.24) is 5.32 Å². The standard InChI is InChI=1S/C20H19IN4O3/c21-11-15-10-16(12-6-8-14(9-7-12)24-20(22)23)17(19(27)28-15)25-18(26)13-4-2-1-3-5-13/h1-9,11,16-17H,10H2,(H,25,26)(H4,22,23,24)/b15-11+/t16-,17-/m1/s1. The molecule has 2 aromatic carbocycles. The van der Waals surface area contributed by atoms with Gasteiger partial charge < -0.3 is 21.5 Å². The molecular weight excluding hydrogens is 471 g/mol. The monoisotopic (exact) mass is 490 g/mol. The van der Waals surface area contributed by atoms with E-state index in [-0.39, 0.29) is 17.8 Å². The van der Waals surface area contributed by atoms with Crippen LogP contribution in [-0.2, 0) is 9.53 Å². The largest absolute Gasteiger partial charge is 0.429 e. The van der Waals surface area contributed by atoms with Crippen molar-refractivity contribution >= 4 is 46.1 Å². The van der Waals surface area contributed by atoms with Crippen molar-refractivity contribution in [3.63, 3.8) is 0 Å². The number of rotatable bonds is 4. The molecule has 0 spiro atoms. The maximum absolute atomic E-state index is 12.6. The number of carbonyl (C=O) groups excluding carboxylic acids is 2. The molecule has 1 saturated heterocycles. The van der Waals surface area contributed by atoms with Gasteiger partial charge in [0.2, 0.25) is 0 Å². The van der Waals surface area contributed by atoms with Crippen LogP contribution in [0.1, 0.15) is 28.3 Å². The third kappa shape index (κ3) is 4.69. The minimum absolute atomic E-state index is 0.0304. The molecule has 28 heavy (non-hydrogen) atoms. The Balaban J connectivity index is 1.88. The minimum atomic E-state index is -0.804. The minimum Gasteiger partial charge on any atom is -0.429 e. The average molecular weight is 490 g/mol. The van der Waals surface area contributed by atoms with Crippen molar-refractivity contribution in [2.24, 2.45) is 16.5 Å². The van der Waals surface area contributed by atoms with Crippen LogP contribution in [0.2, 0.25) is 0 Å². The Labute approximate surface area is 176 Å². The Morgan fingerprint density at radius 2 is 1.82 bits per heavy atom. The maximum atomic E-state index is 12.6. The summed E-state index contributed by atoms with van der Waals surface area (Å²) in [5.74, 6) is -0.558. The smallest absolute Gasteiger partial charge is 0.334 e. The van der Waals surface area contributed by atoms with Gasteiger partial charge in [0.15, 0.2) is 5.96 Å². The molecule has 0 saturated carbocycles. The number of allylic oxidation sites excluding steroid dienone is 1. The summed E-state index contributed by atoms with van der Waals surface area (Å²) in [5.41, 5.74) is 12.8. The normalized spacial score (nSPS) is 20.3.